The number of rotatable bonds is 6. The molecule has 0 aromatic carbocycles. The first-order valence-electron chi connectivity index (χ1n) is 8.21. The topological polar surface area (TPSA) is 71.8 Å². The highest BCUT2D eigenvalue weighted by Gasteiger charge is 2.19. The summed E-state index contributed by atoms with van der Waals surface area (Å²) in [7, 11) is 0. The molecule has 0 saturated carbocycles. The highest BCUT2D eigenvalue weighted by molar-refractivity contribution is 5.75. The molecule has 2 N–H and O–H groups in total. The maximum absolute atomic E-state index is 12.1. The molecule has 2 aromatic rings. The number of hydrogen-bond donors (Lipinski definition) is 2. The third kappa shape index (κ3) is 4.39. The molecular weight excluding hydrogens is 290 g/mol. The fourth-order valence-corrected chi connectivity index (χ4v) is 3.01. The molecule has 6 heteroatoms. The Balaban J connectivity index is 1.49. The quantitative estimate of drug-likeness (QED) is 0.838. The van der Waals surface area contributed by atoms with Crippen molar-refractivity contribution < 1.29 is 4.79 Å². The molecule has 1 atom stereocenters. The van der Waals surface area contributed by atoms with Gasteiger partial charge in [-0.2, -0.15) is 5.10 Å². The summed E-state index contributed by atoms with van der Waals surface area (Å²) in [5.74, 6) is 0.462. The number of carbonyl (C=O) groups is 1. The molecule has 3 rings (SSSR count). The number of aromatic nitrogens is 3. The van der Waals surface area contributed by atoms with E-state index in [2.05, 4.69) is 20.7 Å². The Morgan fingerprint density at radius 2 is 2.17 bits per heavy atom. The third-order valence-electron chi connectivity index (χ3n) is 4.24. The lowest BCUT2D eigenvalue weighted by Crippen LogP contribution is -2.33. The van der Waals surface area contributed by atoms with E-state index in [9.17, 15) is 4.79 Å². The summed E-state index contributed by atoms with van der Waals surface area (Å²) in [5, 5.41) is 10.7. The molecule has 122 valence electrons. The minimum atomic E-state index is 0.00720. The van der Waals surface area contributed by atoms with Crippen LogP contribution in [0, 0.1) is 0 Å². The van der Waals surface area contributed by atoms with Gasteiger partial charge in [-0.25, -0.2) is 0 Å². The summed E-state index contributed by atoms with van der Waals surface area (Å²) in [6.45, 7) is 2.97. The Morgan fingerprint density at radius 3 is 2.96 bits per heavy atom. The minimum Gasteiger partial charge on any atom is -0.354 e. The van der Waals surface area contributed by atoms with E-state index in [1.165, 1.54) is 12.0 Å². The van der Waals surface area contributed by atoms with Crippen LogP contribution in [0.2, 0.25) is 0 Å². The van der Waals surface area contributed by atoms with Crippen LogP contribution in [-0.4, -0.2) is 40.3 Å². The summed E-state index contributed by atoms with van der Waals surface area (Å²) in [5.41, 5.74) is 2.33. The van der Waals surface area contributed by atoms with Gasteiger partial charge in [-0.05, 0) is 49.6 Å². The van der Waals surface area contributed by atoms with Gasteiger partial charge in [-0.15, -0.1) is 0 Å². The van der Waals surface area contributed by atoms with E-state index in [-0.39, 0.29) is 12.5 Å². The van der Waals surface area contributed by atoms with Crippen molar-refractivity contribution in [1.29, 1.82) is 0 Å². The Kier molecular flexibility index (Phi) is 5.37. The minimum absolute atomic E-state index is 0.00720. The van der Waals surface area contributed by atoms with Gasteiger partial charge in [0.1, 0.15) is 6.54 Å². The SMILES string of the molecule is O=C(Cn1nccc1C1CCCNC1)NCCc1ccncc1. The van der Waals surface area contributed by atoms with Gasteiger partial charge in [0.25, 0.3) is 0 Å². The first-order chi connectivity index (χ1) is 11.3. The number of piperidine rings is 1. The van der Waals surface area contributed by atoms with E-state index in [4.69, 9.17) is 0 Å². The Morgan fingerprint density at radius 1 is 1.30 bits per heavy atom. The van der Waals surface area contributed by atoms with Crippen LogP contribution in [0.1, 0.15) is 30.0 Å². The monoisotopic (exact) mass is 313 g/mol. The molecule has 1 fully saturated rings. The molecule has 0 radical (unpaired) electrons. The normalized spacial score (nSPS) is 17.8. The molecule has 0 bridgehead atoms. The van der Waals surface area contributed by atoms with Crippen LogP contribution in [0.5, 0.6) is 0 Å². The average molecular weight is 313 g/mol. The van der Waals surface area contributed by atoms with Crippen LogP contribution in [0.25, 0.3) is 0 Å². The molecule has 1 aliphatic rings. The fraction of sp³-hybridized carbons (Fsp3) is 0.471. The maximum atomic E-state index is 12.1. The van der Waals surface area contributed by atoms with Gasteiger partial charge in [0.05, 0.1) is 0 Å². The lowest BCUT2D eigenvalue weighted by Gasteiger charge is -2.23. The van der Waals surface area contributed by atoms with Crippen molar-refractivity contribution in [2.45, 2.75) is 31.7 Å². The van der Waals surface area contributed by atoms with Gasteiger partial charge in [-0.1, -0.05) is 0 Å². The number of hydrogen-bond acceptors (Lipinski definition) is 4. The molecule has 0 aliphatic carbocycles. The molecule has 3 heterocycles. The largest absolute Gasteiger partial charge is 0.354 e. The molecule has 1 saturated heterocycles. The van der Waals surface area contributed by atoms with Crippen LogP contribution in [-0.2, 0) is 17.8 Å². The molecular formula is C17H23N5O. The van der Waals surface area contributed by atoms with E-state index >= 15 is 0 Å². The smallest absolute Gasteiger partial charge is 0.241 e. The Bertz CT molecular complexity index is 619. The first kappa shape index (κ1) is 15.7. The van der Waals surface area contributed by atoms with Crippen molar-refractivity contribution in [3.63, 3.8) is 0 Å². The second-order valence-corrected chi connectivity index (χ2v) is 5.91. The van der Waals surface area contributed by atoms with E-state index in [0.29, 0.717) is 12.5 Å². The second-order valence-electron chi connectivity index (χ2n) is 5.91. The van der Waals surface area contributed by atoms with E-state index < -0.39 is 0 Å². The highest BCUT2D eigenvalue weighted by Crippen LogP contribution is 2.22. The predicted octanol–water partition coefficient (Wildman–Crippen LogP) is 1.10. The van der Waals surface area contributed by atoms with Gasteiger partial charge in [0.2, 0.25) is 5.91 Å². The molecule has 1 amide bonds. The standard InChI is InChI=1S/C17H23N5O/c23-17(20-10-5-14-3-8-18-9-4-14)13-22-16(6-11-21-22)15-2-1-7-19-12-15/h3-4,6,8-9,11,15,19H,1-2,5,7,10,12-13H2,(H,20,23). The van der Waals surface area contributed by atoms with Crippen LogP contribution in [0.15, 0.2) is 36.8 Å². The summed E-state index contributed by atoms with van der Waals surface area (Å²) < 4.78 is 1.83. The maximum Gasteiger partial charge on any atom is 0.241 e. The van der Waals surface area contributed by atoms with Gasteiger partial charge >= 0.3 is 0 Å². The number of pyridine rings is 1. The van der Waals surface area contributed by atoms with Gasteiger partial charge in [0.15, 0.2) is 0 Å². The summed E-state index contributed by atoms with van der Waals surface area (Å²) in [6, 6.07) is 5.96. The van der Waals surface area contributed by atoms with Gasteiger partial charge in [0, 0.05) is 43.3 Å². The summed E-state index contributed by atoms with van der Waals surface area (Å²) in [6.07, 6.45) is 8.47. The van der Waals surface area contributed by atoms with Crippen LogP contribution < -0.4 is 10.6 Å². The lowest BCUT2D eigenvalue weighted by atomic mass is 9.96. The summed E-state index contributed by atoms with van der Waals surface area (Å²) in [4.78, 5) is 16.1. The van der Waals surface area contributed by atoms with Crippen molar-refractivity contribution >= 4 is 5.91 Å². The van der Waals surface area contributed by atoms with E-state index in [1.54, 1.807) is 18.6 Å². The van der Waals surface area contributed by atoms with Crippen molar-refractivity contribution in [2.75, 3.05) is 19.6 Å². The van der Waals surface area contributed by atoms with Crippen molar-refractivity contribution in [3.8, 4) is 0 Å². The number of carbonyl (C=O) groups excluding carboxylic acids is 1. The van der Waals surface area contributed by atoms with E-state index in [1.807, 2.05) is 22.9 Å². The van der Waals surface area contributed by atoms with Crippen molar-refractivity contribution in [3.05, 3.63) is 48.0 Å². The zero-order chi connectivity index (χ0) is 15.9. The molecule has 2 aromatic heterocycles. The van der Waals surface area contributed by atoms with Crippen molar-refractivity contribution in [2.24, 2.45) is 0 Å². The van der Waals surface area contributed by atoms with Gasteiger partial charge in [-0.3, -0.25) is 14.5 Å². The van der Waals surface area contributed by atoms with Crippen LogP contribution in [0.4, 0.5) is 0 Å². The van der Waals surface area contributed by atoms with Gasteiger partial charge < -0.3 is 10.6 Å². The lowest BCUT2D eigenvalue weighted by molar-refractivity contribution is -0.121. The second kappa shape index (κ2) is 7.87. The third-order valence-corrected chi connectivity index (χ3v) is 4.24. The summed E-state index contributed by atoms with van der Waals surface area (Å²) >= 11 is 0. The zero-order valence-electron chi connectivity index (χ0n) is 13.2. The molecule has 23 heavy (non-hydrogen) atoms. The molecule has 1 unspecified atom stereocenters. The number of nitrogens with one attached hydrogen (secondary N) is 2. The Hall–Kier alpha value is -2.21. The zero-order valence-corrected chi connectivity index (χ0v) is 13.2. The molecule has 0 spiro atoms. The average Bonchev–Trinajstić information content (AvgIpc) is 3.05. The van der Waals surface area contributed by atoms with Crippen molar-refractivity contribution in [1.82, 2.24) is 25.4 Å². The van der Waals surface area contributed by atoms with E-state index in [0.717, 1.165) is 31.6 Å². The molecule has 1 aliphatic heterocycles. The number of nitrogens with zero attached hydrogens (tertiary/aromatic N) is 3. The number of amides is 1. The van der Waals surface area contributed by atoms with Crippen LogP contribution in [0.3, 0.4) is 0 Å². The fourth-order valence-electron chi connectivity index (χ4n) is 3.01. The highest BCUT2D eigenvalue weighted by atomic mass is 16.2. The van der Waals surface area contributed by atoms with Crippen LogP contribution >= 0.6 is 0 Å². The Labute approximate surface area is 136 Å². The predicted molar refractivity (Wildman–Crippen MR) is 88.0 cm³/mol. The molecule has 6 nitrogen and oxygen atoms in total. The first-order valence-corrected chi connectivity index (χ1v) is 8.21.